The number of nitrogens with one attached hydrogen (secondary N) is 2. The van der Waals surface area contributed by atoms with Crippen molar-refractivity contribution in [3.05, 3.63) is 0 Å². The maximum atomic E-state index is 11.6. The van der Waals surface area contributed by atoms with Gasteiger partial charge in [-0.05, 0) is 20.8 Å². The van der Waals surface area contributed by atoms with Gasteiger partial charge in [-0.2, -0.15) is 0 Å². The number of carbonyl (C=O) groups is 2. The summed E-state index contributed by atoms with van der Waals surface area (Å²) >= 11 is 0. The van der Waals surface area contributed by atoms with Crippen LogP contribution >= 0.6 is 0 Å². The van der Waals surface area contributed by atoms with Gasteiger partial charge < -0.3 is 15.4 Å². The summed E-state index contributed by atoms with van der Waals surface area (Å²) in [5, 5.41) is 5.82. The van der Waals surface area contributed by atoms with Crippen molar-refractivity contribution in [1.82, 2.24) is 10.6 Å². The Bertz CT molecular complexity index is 301. The van der Waals surface area contributed by atoms with Crippen molar-refractivity contribution >= 4 is 11.7 Å². The summed E-state index contributed by atoms with van der Waals surface area (Å²) in [6.07, 6.45) is 0. The molecule has 0 atom stereocenters. The molecular weight excluding hydrogens is 244 g/mol. The first-order chi connectivity index (χ1) is 8.52. The first kappa shape index (κ1) is 18.1. The van der Waals surface area contributed by atoms with E-state index in [1.54, 1.807) is 0 Å². The zero-order valence-electron chi connectivity index (χ0n) is 13.1. The number of rotatable bonds is 7. The van der Waals surface area contributed by atoms with Crippen LogP contribution in [0.5, 0.6) is 0 Å². The molecule has 5 heteroatoms. The Balaban J connectivity index is 3.57. The summed E-state index contributed by atoms with van der Waals surface area (Å²) < 4.78 is 5.22. The molecular formula is C14H28N2O3. The molecule has 1 amide bonds. The summed E-state index contributed by atoms with van der Waals surface area (Å²) in [4.78, 5) is 23.0. The molecule has 19 heavy (non-hydrogen) atoms. The standard InChI is InChI=1S/C14H28N2O3/c1-13(2,3)11(17)9-15-7-8-19-10-12(18)16-14(4,5)6/h15H,7-10H2,1-6H3,(H,16,18). The smallest absolute Gasteiger partial charge is 0.246 e. The van der Waals surface area contributed by atoms with E-state index in [0.717, 1.165) is 0 Å². The molecule has 0 aliphatic carbocycles. The van der Waals surface area contributed by atoms with E-state index in [2.05, 4.69) is 10.6 Å². The predicted molar refractivity (Wildman–Crippen MR) is 76.0 cm³/mol. The molecule has 0 aromatic rings. The summed E-state index contributed by atoms with van der Waals surface area (Å²) in [6, 6.07) is 0. The lowest BCUT2D eigenvalue weighted by Gasteiger charge is -2.20. The second-order valence-electron chi connectivity index (χ2n) is 6.70. The molecule has 112 valence electrons. The van der Waals surface area contributed by atoms with Crippen molar-refractivity contribution in [2.24, 2.45) is 5.41 Å². The Morgan fingerprint density at radius 2 is 1.63 bits per heavy atom. The summed E-state index contributed by atoms with van der Waals surface area (Å²) in [5.41, 5.74) is -0.557. The normalized spacial score (nSPS) is 12.3. The van der Waals surface area contributed by atoms with Crippen LogP contribution in [0.1, 0.15) is 41.5 Å². The molecule has 0 fully saturated rings. The van der Waals surface area contributed by atoms with Gasteiger partial charge in [-0.25, -0.2) is 0 Å². The first-order valence-corrected chi connectivity index (χ1v) is 6.65. The maximum Gasteiger partial charge on any atom is 0.246 e. The van der Waals surface area contributed by atoms with E-state index in [1.807, 2.05) is 41.5 Å². The second kappa shape index (κ2) is 7.60. The fraction of sp³-hybridized carbons (Fsp3) is 0.857. The van der Waals surface area contributed by atoms with E-state index in [4.69, 9.17) is 4.74 Å². The van der Waals surface area contributed by atoms with Crippen molar-refractivity contribution in [2.45, 2.75) is 47.1 Å². The largest absolute Gasteiger partial charge is 0.370 e. The highest BCUT2D eigenvalue weighted by molar-refractivity contribution is 5.85. The Morgan fingerprint density at radius 1 is 1.05 bits per heavy atom. The van der Waals surface area contributed by atoms with Crippen LogP contribution in [0.15, 0.2) is 0 Å². The monoisotopic (exact) mass is 272 g/mol. The van der Waals surface area contributed by atoms with Gasteiger partial charge in [0, 0.05) is 17.5 Å². The third-order valence-electron chi connectivity index (χ3n) is 2.29. The van der Waals surface area contributed by atoms with Crippen LogP contribution in [0.25, 0.3) is 0 Å². The van der Waals surface area contributed by atoms with Crippen LogP contribution in [0.4, 0.5) is 0 Å². The summed E-state index contributed by atoms with van der Waals surface area (Å²) in [5.74, 6) is 0.0382. The van der Waals surface area contributed by atoms with Gasteiger partial charge in [-0.15, -0.1) is 0 Å². The fourth-order valence-corrected chi connectivity index (χ4v) is 1.23. The minimum atomic E-state index is -0.319. The van der Waals surface area contributed by atoms with Crippen LogP contribution in [-0.4, -0.2) is 43.5 Å². The molecule has 0 aromatic heterocycles. The van der Waals surface area contributed by atoms with Gasteiger partial charge >= 0.3 is 0 Å². The maximum absolute atomic E-state index is 11.6. The molecule has 0 saturated heterocycles. The van der Waals surface area contributed by atoms with Crippen LogP contribution in [0, 0.1) is 5.41 Å². The number of hydrogen-bond acceptors (Lipinski definition) is 4. The highest BCUT2D eigenvalue weighted by Crippen LogP contribution is 2.13. The average Bonchev–Trinajstić information content (AvgIpc) is 2.18. The Labute approximate surface area is 116 Å². The van der Waals surface area contributed by atoms with E-state index in [1.165, 1.54) is 0 Å². The molecule has 0 saturated carbocycles. The van der Waals surface area contributed by atoms with Crippen LogP contribution in [0.3, 0.4) is 0 Å². The van der Waals surface area contributed by atoms with Gasteiger partial charge in [-0.1, -0.05) is 20.8 Å². The highest BCUT2D eigenvalue weighted by atomic mass is 16.5. The molecule has 0 bridgehead atoms. The van der Waals surface area contributed by atoms with Crippen LogP contribution in [0.2, 0.25) is 0 Å². The quantitative estimate of drug-likeness (QED) is 0.682. The van der Waals surface area contributed by atoms with Crippen molar-refractivity contribution in [2.75, 3.05) is 26.3 Å². The number of amides is 1. The third kappa shape index (κ3) is 10.7. The molecule has 0 unspecified atom stereocenters. The van der Waals surface area contributed by atoms with E-state index in [0.29, 0.717) is 19.7 Å². The van der Waals surface area contributed by atoms with Gasteiger partial charge in [0.1, 0.15) is 6.61 Å². The first-order valence-electron chi connectivity index (χ1n) is 6.65. The van der Waals surface area contributed by atoms with E-state index in [9.17, 15) is 9.59 Å². The molecule has 0 rings (SSSR count). The number of ether oxygens (including phenoxy) is 1. The molecule has 0 aliphatic rings. The van der Waals surface area contributed by atoms with Crippen molar-refractivity contribution in [3.8, 4) is 0 Å². The lowest BCUT2D eigenvalue weighted by Crippen LogP contribution is -2.42. The molecule has 0 aromatic carbocycles. The van der Waals surface area contributed by atoms with Crippen molar-refractivity contribution in [1.29, 1.82) is 0 Å². The molecule has 0 spiro atoms. The highest BCUT2D eigenvalue weighted by Gasteiger charge is 2.20. The lowest BCUT2D eigenvalue weighted by molar-refractivity contribution is -0.127. The number of ketones is 1. The SMILES string of the molecule is CC(C)(C)NC(=O)COCCNCC(=O)C(C)(C)C. The van der Waals surface area contributed by atoms with Crippen LogP contribution < -0.4 is 10.6 Å². The summed E-state index contributed by atoms with van der Waals surface area (Å²) in [7, 11) is 0. The van der Waals surface area contributed by atoms with E-state index in [-0.39, 0.29) is 29.3 Å². The summed E-state index contributed by atoms with van der Waals surface area (Å²) in [6.45, 7) is 12.8. The van der Waals surface area contributed by atoms with Gasteiger partial charge in [0.15, 0.2) is 5.78 Å². The number of carbonyl (C=O) groups excluding carboxylic acids is 2. The number of hydrogen-bond donors (Lipinski definition) is 2. The van der Waals surface area contributed by atoms with Gasteiger partial charge in [-0.3, -0.25) is 9.59 Å². The molecule has 0 heterocycles. The Kier molecular flexibility index (Phi) is 7.23. The molecule has 0 aliphatic heterocycles. The molecule has 5 nitrogen and oxygen atoms in total. The second-order valence-corrected chi connectivity index (χ2v) is 6.70. The van der Waals surface area contributed by atoms with E-state index < -0.39 is 0 Å². The van der Waals surface area contributed by atoms with Gasteiger partial charge in [0.2, 0.25) is 5.91 Å². The minimum absolute atomic E-state index is 0.0478. The van der Waals surface area contributed by atoms with Crippen molar-refractivity contribution < 1.29 is 14.3 Å². The minimum Gasteiger partial charge on any atom is -0.370 e. The van der Waals surface area contributed by atoms with E-state index >= 15 is 0 Å². The topological polar surface area (TPSA) is 67.4 Å². The average molecular weight is 272 g/mol. The predicted octanol–water partition coefficient (Wildman–Crippen LogP) is 1.12. The molecule has 0 radical (unpaired) electrons. The van der Waals surface area contributed by atoms with Gasteiger partial charge in [0.05, 0.1) is 13.2 Å². The Morgan fingerprint density at radius 3 is 2.11 bits per heavy atom. The van der Waals surface area contributed by atoms with Crippen LogP contribution in [-0.2, 0) is 14.3 Å². The zero-order valence-corrected chi connectivity index (χ0v) is 13.1. The number of Topliss-reactive ketones (excluding diaryl/α,β-unsaturated/α-hetero) is 1. The zero-order chi connectivity index (χ0) is 15.1. The van der Waals surface area contributed by atoms with Gasteiger partial charge in [0.25, 0.3) is 0 Å². The third-order valence-corrected chi connectivity index (χ3v) is 2.29. The fourth-order valence-electron chi connectivity index (χ4n) is 1.23. The lowest BCUT2D eigenvalue weighted by atomic mass is 9.91. The van der Waals surface area contributed by atoms with Crippen molar-refractivity contribution in [3.63, 3.8) is 0 Å². The molecule has 2 N–H and O–H groups in total. The Hall–Kier alpha value is -0.940.